The number of benzene rings is 4. The number of rotatable bonds is 1. The van der Waals surface area contributed by atoms with E-state index in [9.17, 15) is 0 Å². The van der Waals surface area contributed by atoms with E-state index < -0.39 is 0 Å². The van der Waals surface area contributed by atoms with Crippen molar-refractivity contribution in [2.24, 2.45) is 0 Å². The topological polar surface area (TPSA) is 31.6 Å². The third-order valence-corrected chi connectivity index (χ3v) is 5.83. The van der Waals surface area contributed by atoms with Crippen LogP contribution in [0.4, 0.5) is 0 Å². The van der Waals surface area contributed by atoms with Crippen LogP contribution in [0.25, 0.3) is 54.7 Å². The molecule has 0 unspecified atom stereocenters. The van der Waals surface area contributed by atoms with Crippen molar-refractivity contribution in [2.75, 3.05) is 0 Å². The Balaban J connectivity index is 1.90. The summed E-state index contributed by atoms with van der Waals surface area (Å²) in [5.41, 5.74) is 9.83. The van der Waals surface area contributed by atoms with Crippen molar-refractivity contribution in [1.29, 1.82) is 0 Å². The summed E-state index contributed by atoms with van der Waals surface area (Å²) in [6, 6.07) is 26.3. The number of aromatic nitrogens is 2. The molecule has 134 valence electrons. The van der Waals surface area contributed by atoms with Crippen LogP contribution in [-0.4, -0.2) is 9.97 Å². The lowest BCUT2D eigenvalue weighted by molar-refractivity contribution is 1.49. The lowest BCUT2D eigenvalue weighted by Crippen LogP contribution is -1.82. The summed E-state index contributed by atoms with van der Waals surface area (Å²) in [6.07, 6.45) is 0. The molecular weight excluding hydrogens is 340 g/mol. The van der Waals surface area contributed by atoms with E-state index in [4.69, 9.17) is 0 Å². The number of nitrogens with one attached hydrogen (secondary N) is 2. The van der Waals surface area contributed by atoms with Gasteiger partial charge in [-0.15, -0.1) is 0 Å². The second kappa shape index (κ2) is 5.49. The highest BCUT2D eigenvalue weighted by Crippen LogP contribution is 2.41. The smallest absolute Gasteiger partial charge is 0.0572 e. The van der Waals surface area contributed by atoms with E-state index in [1.807, 2.05) is 0 Å². The first-order chi connectivity index (χ1) is 13.7. The van der Waals surface area contributed by atoms with Gasteiger partial charge in [0.1, 0.15) is 0 Å². The molecule has 0 atom stereocenters. The molecule has 0 aliphatic carbocycles. The van der Waals surface area contributed by atoms with E-state index in [-0.39, 0.29) is 0 Å². The highest BCUT2D eigenvalue weighted by molar-refractivity contribution is 6.28. The molecule has 0 bridgehead atoms. The van der Waals surface area contributed by atoms with Gasteiger partial charge in [-0.25, -0.2) is 0 Å². The molecule has 0 aliphatic rings. The molecule has 4 aromatic carbocycles. The summed E-state index contributed by atoms with van der Waals surface area (Å²) in [6.45, 7) is 4.32. The average molecular weight is 360 g/mol. The number of hydrogen-bond acceptors (Lipinski definition) is 0. The average Bonchev–Trinajstić information content (AvgIpc) is 3.25. The standard InChI is InChI=1S/C26H20N2/c1-15-9-11-22-19(12-15)24-18(17-6-4-3-5-7-17)14-23-25(26(24)28-22)20-13-16(2)8-10-21(20)27-23/h3-14,27-28H,1-2H3. The Morgan fingerprint density at radius 2 is 1.21 bits per heavy atom. The van der Waals surface area contributed by atoms with Gasteiger partial charge in [-0.2, -0.15) is 0 Å². The molecule has 0 fully saturated rings. The summed E-state index contributed by atoms with van der Waals surface area (Å²) >= 11 is 0. The minimum absolute atomic E-state index is 1.18. The zero-order chi connectivity index (χ0) is 18.8. The monoisotopic (exact) mass is 360 g/mol. The fourth-order valence-electron chi connectivity index (χ4n) is 4.54. The van der Waals surface area contributed by atoms with Gasteiger partial charge in [0, 0.05) is 38.1 Å². The van der Waals surface area contributed by atoms with Crippen LogP contribution < -0.4 is 0 Å². The Labute approximate surface area is 162 Å². The Morgan fingerprint density at radius 1 is 0.571 bits per heavy atom. The highest BCUT2D eigenvalue weighted by Gasteiger charge is 2.17. The quantitative estimate of drug-likeness (QED) is 0.310. The molecule has 0 amide bonds. The maximum absolute atomic E-state index is 3.74. The summed E-state index contributed by atoms with van der Waals surface area (Å²) in [5, 5.41) is 5.16. The normalized spacial score (nSPS) is 11.9. The third kappa shape index (κ3) is 2.09. The van der Waals surface area contributed by atoms with Gasteiger partial charge in [0.25, 0.3) is 0 Å². The molecule has 6 aromatic rings. The number of fused-ring (bicyclic) bond motifs is 7. The second-order valence-corrected chi connectivity index (χ2v) is 7.81. The van der Waals surface area contributed by atoms with Gasteiger partial charge < -0.3 is 9.97 Å². The van der Waals surface area contributed by atoms with Crippen molar-refractivity contribution < 1.29 is 0 Å². The van der Waals surface area contributed by atoms with Crippen molar-refractivity contribution in [3.05, 3.63) is 83.9 Å². The number of aryl methyl sites for hydroxylation is 2. The molecule has 0 spiro atoms. The first-order valence-electron chi connectivity index (χ1n) is 9.71. The van der Waals surface area contributed by atoms with Crippen molar-refractivity contribution in [3.8, 4) is 11.1 Å². The number of hydrogen-bond donors (Lipinski definition) is 2. The summed E-state index contributed by atoms with van der Waals surface area (Å²) in [7, 11) is 0. The largest absolute Gasteiger partial charge is 0.354 e. The maximum Gasteiger partial charge on any atom is 0.0572 e. The Hall–Kier alpha value is -3.52. The molecule has 2 heterocycles. The van der Waals surface area contributed by atoms with E-state index >= 15 is 0 Å². The summed E-state index contributed by atoms with van der Waals surface area (Å²) in [4.78, 5) is 7.38. The first kappa shape index (κ1) is 15.5. The first-order valence-corrected chi connectivity index (χ1v) is 9.71. The SMILES string of the molecule is Cc1ccc2[nH]c3c(c(-c4ccccc4)cc4[nH]c5ccc(C)cc5c43)c2c1. The lowest BCUT2D eigenvalue weighted by atomic mass is 9.96. The van der Waals surface area contributed by atoms with Gasteiger partial charge in [-0.3, -0.25) is 0 Å². The lowest BCUT2D eigenvalue weighted by Gasteiger charge is -2.07. The summed E-state index contributed by atoms with van der Waals surface area (Å²) < 4.78 is 0. The third-order valence-electron chi connectivity index (χ3n) is 5.83. The van der Waals surface area contributed by atoms with Crippen molar-refractivity contribution in [2.45, 2.75) is 13.8 Å². The number of H-pyrrole nitrogens is 2. The van der Waals surface area contributed by atoms with Crippen LogP contribution in [-0.2, 0) is 0 Å². The van der Waals surface area contributed by atoms with Crippen molar-refractivity contribution >= 4 is 43.6 Å². The molecular formula is C26H20N2. The Morgan fingerprint density at radius 3 is 1.93 bits per heavy atom. The van der Waals surface area contributed by atoms with Crippen LogP contribution in [0.2, 0.25) is 0 Å². The maximum atomic E-state index is 3.74. The van der Waals surface area contributed by atoms with Gasteiger partial charge >= 0.3 is 0 Å². The van der Waals surface area contributed by atoms with Crippen molar-refractivity contribution in [3.63, 3.8) is 0 Å². The van der Waals surface area contributed by atoms with Crippen LogP contribution >= 0.6 is 0 Å². The van der Waals surface area contributed by atoms with Gasteiger partial charge in [0.2, 0.25) is 0 Å². The second-order valence-electron chi connectivity index (χ2n) is 7.81. The van der Waals surface area contributed by atoms with E-state index in [1.165, 1.54) is 65.9 Å². The predicted octanol–water partition coefficient (Wildman–Crippen LogP) is 7.24. The van der Waals surface area contributed by atoms with Gasteiger partial charge in [-0.05, 0) is 55.3 Å². The van der Waals surface area contributed by atoms with Crippen molar-refractivity contribution in [1.82, 2.24) is 9.97 Å². The van der Waals surface area contributed by atoms with Crippen LogP contribution in [0.1, 0.15) is 11.1 Å². The highest BCUT2D eigenvalue weighted by atomic mass is 14.7. The van der Waals surface area contributed by atoms with E-state index in [1.54, 1.807) is 0 Å². The molecule has 28 heavy (non-hydrogen) atoms. The molecule has 0 saturated carbocycles. The zero-order valence-electron chi connectivity index (χ0n) is 15.9. The van der Waals surface area contributed by atoms with Crippen LogP contribution in [0.3, 0.4) is 0 Å². The Kier molecular flexibility index (Phi) is 3.05. The fourth-order valence-corrected chi connectivity index (χ4v) is 4.54. The number of aromatic amines is 2. The minimum Gasteiger partial charge on any atom is -0.354 e. The minimum atomic E-state index is 1.18. The van der Waals surface area contributed by atoms with E-state index in [0.717, 1.165) is 0 Å². The van der Waals surface area contributed by atoms with Crippen LogP contribution in [0, 0.1) is 13.8 Å². The molecule has 6 rings (SSSR count). The fraction of sp³-hybridized carbons (Fsp3) is 0.0769. The molecule has 0 radical (unpaired) electrons. The Bertz CT molecular complexity index is 1510. The molecule has 2 aromatic heterocycles. The molecule has 2 N–H and O–H groups in total. The summed E-state index contributed by atoms with van der Waals surface area (Å²) in [5.74, 6) is 0. The van der Waals surface area contributed by atoms with Gasteiger partial charge in [0.15, 0.2) is 0 Å². The van der Waals surface area contributed by atoms with E-state index in [2.05, 4.69) is 96.6 Å². The van der Waals surface area contributed by atoms with Crippen LogP contribution in [0.15, 0.2) is 72.8 Å². The van der Waals surface area contributed by atoms with Gasteiger partial charge in [0.05, 0.1) is 5.52 Å². The molecule has 2 heteroatoms. The molecule has 0 saturated heterocycles. The zero-order valence-corrected chi connectivity index (χ0v) is 15.9. The van der Waals surface area contributed by atoms with Crippen LogP contribution in [0.5, 0.6) is 0 Å². The molecule has 2 nitrogen and oxygen atoms in total. The van der Waals surface area contributed by atoms with E-state index in [0.29, 0.717) is 0 Å². The van der Waals surface area contributed by atoms with Gasteiger partial charge in [-0.1, -0.05) is 53.6 Å². The predicted molar refractivity (Wildman–Crippen MR) is 120 cm³/mol. The molecule has 0 aliphatic heterocycles.